The molecule has 0 spiro atoms. The molecular formula is C31H49NO. The van der Waals surface area contributed by atoms with Gasteiger partial charge in [0.25, 0.3) is 0 Å². The molecule has 3 rings (SSSR count). The van der Waals surface area contributed by atoms with Crippen LogP contribution < -0.4 is 0 Å². The van der Waals surface area contributed by atoms with Gasteiger partial charge >= 0.3 is 0 Å². The summed E-state index contributed by atoms with van der Waals surface area (Å²) in [5.41, 5.74) is 3.55. The Bertz CT molecular complexity index is 720. The standard InChI is InChI=1S/C31H49NO/c1-5-6-7-9-25-11-15-27(16-12-25)29-19-21-30(22-20-29)28-17-13-26(14-18-28)10-8-23-32(4)31(33)24(2)3/h13-14,17-18,25,27,29-30H,2,5-12,15-16,19-23H2,1,3-4H3. The zero-order valence-electron chi connectivity index (χ0n) is 21.8. The van der Waals surface area contributed by atoms with Gasteiger partial charge in [-0.1, -0.05) is 76.3 Å². The van der Waals surface area contributed by atoms with Gasteiger partial charge in [0.1, 0.15) is 0 Å². The quantitative estimate of drug-likeness (QED) is 0.245. The van der Waals surface area contributed by atoms with Crippen LogP contribution in [0.3, 0.4) is 0 Å². The minimum Gasteiger partial charge on any atom is -0.342 e. The molecule has 0 saturated heterocycles. The van der Waals surface area contributed by atoms with Crippen LogP contribution in [0.5, 0.6) is 0 Å². The molecule has 1 amide bonds. The van der Waals surface area contributed by atoms with Gasteiger partial charge in [-0.3, -0.25) is 4.79 Å². The van der Waals surface area contributed by atoms with Gasteiger partial charge in [-0.05, 0) is 93.1 Å². The van der Waals surface area contributed by atoms with Gasteiger partial charge < -0.3 is 4.90 Å². The molecular weight excluding hydrogens is 402 g/mol. The predicted molar refractivity (Wildman–Crippen MR) is 142 cm³/mol. The van der Waals surface area contributed by atoms with Crippen molar-refractivity contribution in [3.8, 4) is 0 Å². The van der Waals surface area contributed by atoms with Crippen LogP contribution in [0.1, 0.15) is 114 Å². The zero-order chi connectivity index (χ0) is 23.6. The van der Waals surface area contributed by atoms with Gasteiger partial charge in [0, 0.05) is 19.2 Å². The smallest absolute Gasteiger partial charge is 0.248 e. The van der Waals surface area contributed by atoms with E-state index in [1.54, 1.807) is 17.4 Å². The zero-order valence-corrected chi connectivity index (χ0v) is 21.8. The molecule has 0 bridgehead atoms. The van der Waals surface area contributed by atoms with Gasteiger partial charge in [-0.25, -0.2) is 0 Å². The maximum absolute atomic E-state index is 11.9. The summed E-state index contributed by atoms with van der Waals surface area (Å²) in [5, 5.41) is 0. The predicted octanol–water partition coefficient (Wildman–Crippen LogP) is 8.31. The average molecular weight is 452 g/mol. The van der Waals surface area contributed by atoms with E-state index < -0.39 is 0 Å². The van der Waals surface area contributed by atoms with Gasteiger partial charge in [0.2, 0.25) is 5.91 Å². The first kappa shape index (κ1) is 26.0. The van der Waals surface area contributed by atoms with Crippen molar-refractivity contribution in [2.45, 2.75) is 110 Å². The lowest BCUT2D eigenvalue weighted by molar-refractivity contribution is -0.125. The van der Waals surface area contributed by atoms with E-state index >= 15 is 0 Å². The summed E-state index contributed by atoms with van der Waals surface area (Å²) in [6.45, 7) is 8.64. The van der Waals surface area contributed by atoms with Crippen LogP contribution >= 0.6 is 0 Å². The van der Waals surface area contributed by atoms with E-state index in [0.29, 0.717) is 5.57 Å². The Labute approximate surface area is 204 Å². The number of benzene rings is 1. The normalized spacial score (nSPS) is 25.5. The summed E-state index contributed by atoms with van der Waals surface area (Å²) in [7, 11) is 1.87. The van der Waals surface area contributed by atoms with Crippen molar-refractivity contribution in [1.82, 2.24) is 4.90 Å². The Morgan fingerprint density at radius 3 is 2.09 bits per heavy atom. The average Bonchev–Trinajstić information content (AvgIpc) is 2.84. The second-order valence-electron chi connectivity index (χ2n) is 11.2. The molecule has 0 heterocycles. The highest BCUT2D eigenvalue weighted by atomic mass is 16.2. The molecule has 2 aliphatic carbocycles. The van der Waals surface area contributed by atoms with Crippen molar-refractivity contribution in [2.24, 2.45) is 17.8 Å². The Hall–Kier alpha value is -1.57. The number of carbonyl (C=O) groups is 1. The van der Waals surface area contributed by atoms with Crippen LogP contribution in [0.25, 0.3) is 0 Å². The highest BCUT2D eigenvalue weighted by Gasteiger charge is 2.31. The monoisotopic (exact) mass is 451 g/mol. The third-order valence-electron chi connectivity index (χ3n) is 8.67. The third-order valence-corrected chi connectivity index (χ3v) is 8.67. The summed E-state index contributed by atoms with van der Waals surface area (Å²) in [4.78, 5) is 13.7. The van der Waals surface area contributed by atoms with E-state index in [1.807, 2.05) is 7.05 Å². The molecule has 0 radical (unpaired) electrons. The SMILES string of the molecule is C=C(C)C(=O)N(C)CCCc1ccc(C2CCC(C3CCC(CCCCC)CC3)CC2)cc1. The molecule has 0 unspecified atom stereocenters. The van der Waals surface area contributed by atoms with Crippen molar-refractivity contribution in [3.05, 3.63) is 47.5 Å². The topological polar surface area (TPSA) is 20.3 Å². The number of nitrogens with zero attached hydrogens (tertiary/aromatic N) is 1. The van der Waals surface area contributed by atoms with Crippen molar-refractivity contribution in [2.75, 3.05) is 13.6 Å². The Kier molecular flexibility index (Phi) is 10.5. The number of aryl methyl sites for hydroxylation is 1. The highest BCUT2D eigenvalue weighted by molar-refractivity contribution is 5.91. The summed E-state index contributed by atoms with van der Waals surface area (Å²) >= 11 is 0. The molecule has 1 aromatic carbocycles. The molecule has 0 aliphatic heterocycles. The summed E-state index contributed by atoms with van der Waals surface area (Å²) in [6.07, 6.45) is 19.5. The molecule has 1 aromatic rings. The number of carbonyl (C=O) groups excluding carboxylic acids is 1. The van der Waals surface area contributed by atoms with E-state index in [9.17, 15) is 4.79 Å². The van der Waals surface area contributed by atoms with E-state index in [1.165, 1.54) is 82.6 Å². The Morgan fingerprint density at radius 1 is 0.909 bits per heavy atom. The van der Waals surface area contributed by atoms with Gasteiger partial charge in [-0.15, -0.1) is 0 Å². The number of unbranched alkanes of at least 4 members (excludes halogenated alkanes) is 2. The molecule has 2 saturated carbocycles. The van der Waals surface area contributed by atoms with Crippen molar-refractivity contribution < 1.29 is 4.79 Å². The summed E-state index contributed by atoms with van der Waals surface area (Å²) in [5.74, 6) is 3.87. The molecule has 0 aromatic heterocycles. The summed E-state index contributed by atoms with van der Waals surface area (Å²) < 4.78 is 0. The Balaban J connectivity index is 1.36. The lowest BCUT2D eigenvalue weighted by atomic mass is 9.68. The number of amides is 1. The second-order valence-corrected chi connectivity index (χ2v) is 11.2. The minimum absolute atomic E-state index is 0.0565. The fourth-order valence-electron chi connectivity index (χ4n) is 6.46. The maximum Gasteiger partial charge on any atom is 0.248 e. The largest absolute Gasteiger partial charge is 0.342 e. The van der Waals surface area contributed by atoms with Crippen molar-refractivity contribution in [1.29, 1.82) is 0 Å². The van der Waals surface area contributed by atoms with Crippen molar-refractivity contribution in [3.63, 3.8) is 0 Å². The van der Waals surface area contributed by atoms with Crippen LogP contribution in [0.15, 0.2) is 36.4 Å². The van der Waals surface area contributed by atoms with E-state index in [2.05, 4.69) is 37.8 Å². The van der Waals surface area contributed by atoms with Crippen LogP contribution in [-0.2, 0) is 11.2 Å². The van der Waals surface area contributed by atoms with E-state index in [0.717, 1.165) is 43.1 Å². The lowest BCUT2D eigenvalue weighted by Gasteiger charge is -2.38. The Morgan fingerprint density at radius 2 is 1.52 bits per heavy atom. The minimum atomic E-state index is 0.0565. The van der Waals surface area contributed by atoms with Crippen LogP contribution in [0, 0.1) is 17.8 Å². The number of hydrogen-bond acceptors (Lipinski definition) is 1. The fourth-order valence-corrected chi connectivity index (χ4v) is 6.46. The van der Waals surface area contributed by atoms with Gasteiger partial charge in [-0.2, -0.15) is 0 Å². The van der Waals surface area contributed by atoms with Crippen molar-refractivity contribution >= 4 is 5.91 Å². The molecule has 2 aliphatic rings. The number of rotatable bonds is 11. The van der Waals surface area contributed by atoms with Crippen LogP contribution in [0.2, 0.25) is 0 Å². The first-order chi connectivity index (χ1) is 16.0. The van der Waals surface area contributed by atoms with Gasteiger partial charge in [0.05, 0.1) is 0 Å². The molecule has 0 N–H and O–H groups in total. The van der Waals surface area contributed by atoms with Crippen LogP contribution in [-0.4, -0.2) is 24.4 Å². The highest BCUT2D eigenvalue weighted by Crippen LogP contribution is 2.44. The molecule has 184 valence electrons. The first-order valence-electron chi connectivity index (χ1n) is 14.0. The van der Waals surface area contributed by atoms with Gasteiger partial charge in [0.15, 0.2) is 0 Å². The molecule has 33 heavy (non-hydrogen) atoms. The fraction of sp³-hybridized carbons (Fsp3) is 0.710. The summed E-state index contributed by atoms with van der Waals surface area (Å²) in [6, 6.07) is 9.40. The molecule has 0 atom stereocenters. The lowest BCUT2D eigenvalue weighted by Crippen LogP contribution is -2.28. The first-order valence-corrected chi connectivity index (χ1v) is 14.0. The molecule has 2 nitrogen and oxygen atoms in total. The maximum atomic E-state index is 11.9. The molecule has 2 fully saturated rings. The van der Waals surface area contributed by atoms with Crippen LogP contribution in [0.4, 0.5) is 0 Å². The number of likely N-dealkylation sites (N-methyl/N-ethyl adjacent to an activating group) is 1. The molecule has 2 heteroatoms. The second kappa shape index (κ2) is 13.4. The number of hydrogen-bond donors (Lipinski definition) is 0. The van der Waals surface area contributed by atoms with E-state index in [4.69, 9.17) is 0 Å². The van der Waals surface area contributed by atoms with E-state index in [-0.39, 0.29) is 5.91 Å². The third kappa shape index (κ3) is 8.01.